The van der Waals surface area contributed by atoms with E-state index in [9.17, 15) is 13.6 Å². The number of halogens is 2. The summed E-state index contributed by atoms with van der Waals surface area (Å²) in [7, 11) is 1.63. The second-order valence-electron chi connectivity index (χ2n) is 6.45. The number of rotatable bonds is 4. The Balaban J connectivity index is 1.62. The van der Waals surface area contributed by atoms with Gasteiger partial charge in [-0.2, -0.15) is 8.78 Å². The molecule has 29 heavy (non-hydrogen) atoms. The van der Waals surface area contributed by atoms with E-state index >= 15 is 0 Å². The van der Waals surface area contributed by atoms with Gasteiger partial charge in [-0.15, -0.1) is 10.2 Å². The van der Waals surface area contributed by atoms with Gasteiger partial charge in [0.2, 0.25) is 5.78 Å². The number of alkyl halides is 2. The van der Waals surface area contributed by atoms with E-state index in [2.05, 4.69) is 15.2 Å². The zero-order chi connectivity index (χ0) is 20.1. The second kappa shape index (κ2) is 6.66. The highest BCUT2D eigenvalue weighted by atomic mass is 32.2. The fourth-order valence-electron chi connectivity index (χ4n) is 3.45. The van der Waals surface area contributed by atoms with Crippen LogP contribution >= 0.6 is 11.8 Å². The van der Waals surface area contributed by atoms with Crippen LogP contribution in [0.4, 0.5) is 8.78 Å². The Hall–Kier alpha value is -3.27. The lowest BCUT2D eigenvalue weighted by Crippen LogP contribution is -2.20. The van der Waals surface area contributed by atoms with Crippen LogP contribution in [0, 0.1) is 0 Å². The number of hydrogen-bond acceptors (Lipinski definition) is 5. The van der Waals surface area contributed by atoms with Crippen LogP contribution in [0.15, 0.2) is 58.5 Å². The van der Waals surface area contributed by atoms with Crippen molar-refractivity contribution in [1.82, 2.24) is 28.7 Å². The average molecular weight is 412 g/mol. The number of nitrogens with zero attached hydrogens (tertiary/aromatic N) is 6. The Morgan fingerprint density at radius 2 is 1.76 bits per heavy atom. The lowest BCUT2D eigenvalue weighted by Gasteiger charge is -2.09. The molecule has 146 valence electrons. The van der Waals surface area contributed by atoms with Gasteiger partial charge in [-0.05, 0) is 24.3 Å². The molecular weight excluding hydrogens is 398 g/mol. The van der Waals surface area contributed by atoms with Crippen molar-refractivity contribution in [3.63, 3.8) is 0 Å². The number of fused-ring (bicyclic) bond motifs is 4. The van der Waals surface area contributed by atoms with Gasteiger partial charge in [0, 0.05) is 7.05 Å². The third-order valence-corrected chi connectivity index (χ3v) is 5.72. The third-order valence-electron chi connectivity index (χ3n) is 4.79. The quantitative estimate of drug-likeness (QED) is 0.422. The number of hydrogen-bond donors (Lipinski definition) is 0. The molecule has 0 amide bonds. The van der Waals surface area contributed by atoms with Gasteiger partial charge in [-0.3, -0.25) is 18.3 Å². The molecular formula is C19H14F2N6OS. The van der Waals surface area contributed by atoms with Crippen LogP contribution in [0.2, 0.25) is 0 Å². The van der Waals surface area contributed by atoms with E-state index in [1.165, 1.54) is 16.3 Å². The predicted octanol–water partition coefficient (Wildman–Crippen LogP) is 3.62. The van der Waals surface area contributed by atoms with Gasteiger partial charge in [-0.1, -0.05) is 36.0 Å². The summed E-state index contributed by atoms with van der Waals surface area (Å²) in [6, 6.07) is 14.0. The fourth-order valence-corrected chi connectivity index (χ4v) is 4.32. The van der Waals surface area contributed by atoms with Crippen LogP contribution in [-0.4, -0.2) is 28.7 Å². The number of aryl methyl sites for hydroxylation is 1. The van der Waals surface area contributed by atoms with Crippen LogP contribution in [0.5, 0.6) is 0 Å². The lowest BCUT2D eigenvalue weighted by atomic mass is 10.2. The highest BCUT2D eigenvalue weighted by Gasteiger charge is 2.20. The maximum Gasteiger partial charge on any atom is 0.320 e. The molecule has 0 spiro atoms. The summed E-state index contributed by atoms with van der Waals surface area (Å²) in [5.41, 5.74) is 1.40. The van der Waals surface area contributed by atoms with Gasteiger partial charge < -0.3 is 0 Å². The zero-order valence-electron chi connectivity index (χ0n) is 15.2. The first-order valence-corrected chi connectivity index (χ1v) is 9.74. The molecule has 0 aliphatic rings. The van der Waals surface area contributed by atoms with Crippen LogP contribution in [-0.2, 0) is 12.8 Å². The summed E-state index contributed by atoms with van der Waals surface area (Å²) >= 11 is 1.24. The Bertz CT molecular complexity index is 1440. The van der Waals surface area contributed by atoms with Crippen molar-refractivity contribution in [3.8, 4) is 0 Å². The maximum atomic E-state index is 13.7. The molecule has 0 N–H and O–H groups in total. The molecule has 0 fully saturated rings. The summed E-state index contributed by atoms with van der Waals surface area (Å²) in [6.07, 6.45) is 0. The molecule has 0 atom stereocenters. The van der Waals surface area contributed by atoms with Crippen molar-refractivity contribution in [1.29, 1.82) is 0 Å². The molecule has 0 bridgehead atoms. The highest BCUT2D eigenvalue weighted by Crippen LogP contribution is 2.29. The summed E-state index contributed by atoms with van der Waals surface area (Å²) < 4.78 is 31.4. The number of imidazole rings is 1. The predicted molar refractivity (Wildman–Crippen MR) is 106 cm³/mol. The third kappa shape index (κ3) is 2.70. The molecule has 0 saturated carbocycles. The van der Waals surface area contributed by atoms with E-state index in [-0.39, 0.29) is 17.1 Å². The topological polar surface area (TPSA) is 70.0 Å². The minimum absolute atomic E-state index is 0.170. The average Bonchev–Trinajstić information content (AvgIpc) is 3.31. The van der Waals surface area contributed by atoms with E-state index in [0.717, 1.165) is 4.57 Å². The van der Waals surface area contributed by atoms with E-state index in [4.69, 9.17) is 0 Å². The van der Waals surface area contributed by atoms with Crippen molar-refractivity contribution < 1.29 is 8.78 Å². The van der Waals surface area contributed by atoms with Gasteiger partial charge in [-0.25, -0.2) is 4.98 Å². The van der Waals surface area contributed by atoms with Crippen molar-refractivity contribution in [2.45, 2.75) is 17.5 Å². The molecule has 0 aliphatic heterocycles. The van der Waals surface area contributed by atoms with Crippen molar-refractivity contribution in [2.24, 2.45) is 7.05 Å². The van der Waals surface area contributed by atoms with Crippen LogP contribution in [0.25, 0.3) is 27.7 Å². The Labute approximate surface area is 166 Å². The minimum atomic E-state index is -2.70. The molecule has 0 saturated heterocycles. The molecule has 3 aromatic heterocycles. The first-order valence-electron chi connectivity index (χ1n) is 8.76. The van der Waals surface area contributed by atoms with E-state index in [1.54, 1.807) is 47.8 Å². The molecule has 0 unspecified atom stereocenters. The van der Waals surface area contributed by atoms with Gasteiger partial charge >= 0.3 is 6.55 Å². The monoisotopic (exact) mass is 412 g/mol. The second-order valence-corrected chi connectivity index (χ2v) is 7.39. The van der Waals surface area contributed by atoms with Crippen molar-refractivity contribution >= 4 is 39.5 Å². The number of para-hydroxylation sites is 3. The summed E-state index contributed by atoms with van der Waals surface area (Å²) in [5.74, 6) is 0.812. The summed E-state index contributed by atoms with van der Waals surface area (Å²) in [4.78, 5) is 16.9. The molecule has 7 nitrogen and oxygen atoms in total. The van der Waals surface area contributed by atoms with Gasteiger partial charge in [0.25, 0.3) is 5.56 Å². The van der Waals surface area contributed by atoms with Crippen LogP contribution in [0.1, 0.15) is 12.4 Å². The number of aromatic nitrogens is 6. The summed E-state index contributed by atoms with van der Waals surface area (Å²) in [5, 5.41) is 9.34. The Kier molecular flexibility index (Phi) is 4.09. The molecule has 5 aromatic rings. The summed E-state index contributed by atoms with van der Waals surface area (Å²) in [6.45, 7) is -2.70. The Morgan fingerprint density at radius 3 is 2.55 bits per heavy atom. The fraction of sp³-hybridized carbons (Fsp3) is 0.158. The van der Waals surface area contributed by atoms with Crippen molar-refractivity contribution in [3.05, 3.63) is 64.7 Å². The lowest BCUT2D eigenvalue weighted by molar-refractivity contribution is 0.0722. The first kappa shape index (κ1) is 17.8. The first-order chi connectivity index (χ1) is 14.1. The Morgan fingerprint density at radius 1 is 1.03 bits per heavy atom. The maximum absolute atomic E-state index is 13.7. The molecule has 3 heterocycles. The molecule has 0 aliphatic carbocycles. The largest absolute Gasteiger partial charge is 0.320 e. The van der Waals surface area contributed by atoms with Crippen LogP contribution in [0.3, 0.4) is 0 Å². The smallest absolute Gasteiger partial charge is 0.279 e. The molecule has 5 rings (SSSR count). The van der Waals surface area contributed by atoms with Gasteiger partial charge in [0.15, 0.2) is 5.16 Å². The van der Waals surface area contributed by atoms with Gasteiger partial charge in [0.1, 0.15) is 5.82 Å². The minimum Gasteiger partial charge on any atom is -0.279 e. The van der Waals surface area contributed by atoms with Crippen molar-refractivity contribution in [2.75, 3.05) is 0 Å². The normalized spacial score (nSPS) is 12.0. The zero-order valence-corrected chi connectivity index (χ0v) is 16.0. The highest BCUT2D eigenvalue weighted by molar-refractivity contribution is 7.98. The molecule has 0 radical (unpaired) electrons. The number of thioether (sulfide) groups is 1. The van der Waals surface area contributed by atoms with E-state index in [1.807, 2.05) is 12.1 Å². The van der Waals surface area contributed by atoms with Crippen LogP contribution < -0.4 is 5.56 Å². The molecule has 10 heteroatoms. The van der Waals surface area contributed by atoms with E-state index in [0.29, 0.717) is 32.9 Å². The molecule has 2 aromatic carbocycles. The van der Waals surface area contributed by atoms with E-state index < -0.39 is 6.55 Å². The number of benzene rings is 2. The standard InChI is InChI=1S/C19H14F2N6OS/c1-25-16(28)11-6-2-4-8-13(11)27-18(25)23-24-19(27)29-10-15-22-12-7-3-5-9-14(12)26(15)17(20)21/h2-9,17H,10H2,1H3. The van der Waals surface area contributed by atoms with Gasteiger partial charge in [0.05, 0.1) is 27.7 Å². The SMILES string of the molecule is Cn1c(=O)c2ccccc2n2c(SCc3nc4ccccc4n3C(F)F)nnc12.